The molecule has 1 aliphatic heterocycles. The van der Waals surface area contributed by atoms with Gasteiger partial charge in [-0.1, -0.05) is 11.8 Å². The average molecular weight is 302 g/mol. The molecule has 0 unspecified atom stereocenters. The van der Waals surface area contributed by atoms with E-state index in [4.69, 9.17) is 0 Å². The van der Waals surface area contributed by atoms with Crippen LogP contribution in [0.2, 0.25) is 0 Å². The highest BCUT2D eigenvalue weighted by Gasteiger charge is 2.27. The number of carbonyl (C=O) groups excluding carboxylic acids is 2. The number of ketones is 1. The second-order valence-electron chi connectivity index (χ2n) is 4.95. The van der Waals surface area contributed by atoms with Crippen LogP contribution in [0.15, 0.2) is 29.7 Å². The number of aromatic nitrogens is 3. The van der Waals surface area contributed by atoms with Gasteiger partial charge in [0.2, 0.25) is 5.91 Å². The van der Waals surface area contributed by atoms with Gasteiger partial charge in [0.05, 0.1) is 11.7 Å². The van der Waals surface area contributed by atoms with E-state index >= 15 is 0 Å². The molecule has 7 heteroatoms. The summed E-state index contributed by atoms with van der Waals surface area (Å²) in [6.45, 7) is 1.84. The minimum Gasteiger partial charge on any atom is -0.325 e. The van der Waals surface area contributed by atoms with Crippen molar-refractivity contribution in [2.24, 2.45) is 7.05 Å². The van der Waals surface area contributed by atoms with E-state index in [2.05, 4.69) is 15.5 Å². The number of carbonyl (C=O) groups is 2. The molecule has 0 saturated carbocycles. The fourth-order valence-corrected chi connectivity index (χ4v) is 2.99. The Morgan fingerprint density at radius 1 is 1.48 bits per heavy atom. The minimum atomic E-state index is -0.209. The smallest absolute Gasteiger partial charge is 0.231 e. The van der Waals surface area contributed by atoms with Crippen molar-refractivity contribution in [2.75, 3.05) is 11.1 Å². The van der Waals surface area contributed by atoms with Crippen molar-refractivity contribution in [1.29, 1.82) is 0 Å². The van der Waals surface area contributed by atoms with Gasteiger partial charge in [-0.15, -0.1) is 10.2 Å². The van der Waals surface area contributed by atoms with E-state index in [9.17, 15) is 9.59 Å². The molecule has 0 saturated heterocycles. The van der Waals surface area contributed by atoms with Crippen molar-refractivity contribution in [2.45, 2.75) is 18.0 Å². The van der Waals surface area contributed by atoms with Gasteiger partial charge in [-0.05, 0) is 30.7 Å². The number of rotatable bonds is 4. The van der Waals surface area contributed by atoms with Crippen molar-refractivity contribution in [3.8, 4) is 0 Å². The maximum absolute atomic E-state index is 12.3. The number of nitrogens with one attached hydrogen (secondary N) is 1. The summed E-state index contributed by atoms with van der Waals surface area (Å²) in [5.41, 5.74) is 2.30. The number of fused-ring (bicyclic) bond motifs is 1. The molecule has 0 spiro atoms. The van der Waals surface area contributed by atoms with Gasteiger partial charge >= 0.3 is 0 Å². The van der Waals surface area contributed by atoms with Crippen molar-refractivity contribution < 1.29 is 9.59 Å². The Morgan fingerprint density at radius 2 is 2.29 bits per heavy atom. The Labute approximate surface area is 125 Å². The highest BCUT2D eigenvalue weighted by Crippen LogP contribution is 2.33. The molecule has 1 aliphatic rings. The fraction of sp³-hybridized carbons (Fsp3) is 0.286. The number of Topliss-reactive ketones (excluding diaryl/α,β-unsaturated/α-hetero) is 1. The minimum absolute atomic E-state index is 0.0114. The molecule has 108 valence electrons. The first-order valence-electron chi connectivity index (χ1n) is 6.51. The van der Waals surface area contributed by atoms with E-state index in [0.29, 0.717) is 16.5 Å². The summed E-state index contributed by atoms with van der Waals surface area (Å²) in [6, 6.07) is 5.34. The second kappa shape index (κ2) is 5.33. The van der Waals surface area contributed by atoms with Gasteiger partial charge in [-0.3, -0.25) is 9.59 Å². The van der Waals surface area contributed by atoms with Crippen LogP contribution in [-0.4, -0.2) is 32.2 Å². The first-order valence-corrected chi connectivity index (χ1v) is 7.49. The summed E-state index contributed by atoms with van der Waals surface area (Å²) in [7, 11) is 1.83. The second-order valence-corrected chi connectivity index (χ2v) is 5.89. The van der Waals surface area contributed by atoms with E-state index in [1.807, 2.05) is 14.0 Å². The van der Waals surface area contributed by atoms with Gasteiger partial charge < -0.3 is 9.88 Å². The maximum Gasteiger partial charge on any atom is 0.231 e. The molecule has 0 aliphatic carbocycles. The third-order valence-electron chi connectivity index (χ3n) is 3.49. The fourth-order valence-electron chi connectivity index (χ4n) is 2.21. The lowest BCUT2D eigenvalue weighted by Crippen LogP contribution is -2.08. The van der Waals surface area contributed by atoms with E-state index in [1.54, 1.807) is 29.1 Å². The zero-order valence-electron chi connectivity index (χ0n) is 11.7. The van der Waals surface area contributed by atoms with Crippen molar-refractivity contribution in [1.82, 2.24) is 14.8 Å². The summed E-state index contributed by atoms with van der Waals surface area (Å²) in [6.07, 6.45) is 1.60. The molecule has 6 nitrogen and oxygen atoms in total. The summed E-state index contributed by atoms with van der Waals surface area (Å²) < 4.78 is 1.77. The third-order valence-corrected chi connectivity index (χ3v) is 4.53. The number of aryl methyl sites for hydroxylation is 1. The molecule has 0 bridgehead atoms. The average Bonchev–Trinajstić information content (AvgIpc) is 3.01. The summed E-state index contributed by atoms with van der Waals surface area (Å²) in [5.74, 6) is 0.0701. The molecular formula is C14H14N4O2S. The molecule has 1 atom stereocenters. The Bertz CT molecular complexity index is 726. The van der Waals surface area contributed by atoms with Crippen LogP contribution >= 0.6 is 11.8 Å². The molecule has 0 fully saturated rings. The molecule has 2 heterocycles. The summed E-state index contributed by atoms with van der Waals surface area (Å²) in [5, 5.41) is 11.2. The number of amides is 1. The lowest BCUT2D eigenvalue weighted by molar-refractivity contribution is -0.116. The predicted molar refractivity (Wildman–Crippen MR) is 79.5 cm³/mol. The van der Waals surface area contributed by atoms with Gasteiger partial charge in [-0.2, -0.15) is 0 Å². The van der Waals surface area contributed by atoms with Crippen LogP contribution in [0.5, 0.6) is 0 Å². The van der Waals surface area contributed by atoms with Crippen LogP contribution in [0.25, 0.3) is 0 Å². The number of hydrogen-bond acceptors (Lipinski definition) is 5. The van der Waals surface area contributed by atoms with Crippen LogP contribution in [-0.2, 0) is 11.8 Å². The predicted octanol–water partition coefficient (Wildman–Crippen LogP) is 1.85. The Morgan fingerprint density at radius 3 is 3.00 bits per heavy atom. The van der Waals surface area contributed by atoms with Gasteiger partial charge in [0.25, 0.3) is 0 Å². The van der Waals surface area contributed by atoms with Crippen molar-refractivity contribution in [3.05, 3.63) is 35.7 Å². The van der Waals surface area contributed by atoms with E-state index in [-0.39, 0.29) is 17.6 Å². The Balaban J connectivity index is 1.74. The van der Waals surface area contributed by atoms with Crippen LogP contribution in [0.1, 0.15) is 28.8 Å². The van der Waals surface area contributed by atoms with Crippen LogP contribution in [0.3, 0.4) is 0 Å². The van der Waals surface area contributed by atoms with Crippen molar-refractivity contribution >= 4 is 29.1 Å². The number of nitrogens with zero attached hydrogens (tertiary/aromatic N) is 3. The monoisotopic (exact) mass is 302 g/mol. The molecule has 21 heavy (non-hydrogen) atoms. The van der Waals surface area contributed by atoms with Gasteiger partial charge in [0.15, 0.2) is 10.9 Å². The molecule has 2 aromatic rings. The van der Waals surface area contributed by atoms with Gasteiger partial charge in [0, 0.05) is 18.3 Å². The van der Waals surface area contributed by atoms with E-state index < -0.39 is 0 Å². The third kappa shape index (κ3) is 2.56. The lowest BCUT2D eigenvalue weighted by atomic mass is 9.99. The van der Waals surface area contributed by atoms with Crippen LogP contribution < -0.4 is 5.32 Å². The molecule has 1 aromatic heterocycles. The maximum atomic E-state index is 12.3. The lowest BCUT2D eigenvalue weighted by Gasteiger charge is -2.05. The first kappa shape index (κ1) is 13.8. The van der Waals surface area contributed by atoms with Crippen LogP contribution in [0, 0.1) is 0 Å². The Hall–Kier alpha value is -2.15. The number of hydrogen-bond donors (Lipinski definition) is 1. The molecule has 0 radical (unpaired) electrons. The molecular weight excluding hydrogens is 288 g/mol. The highest BCUT2D eigenvalue weighted by molar-refractivity contribution is 7.99. The van der Waals surface area contributed by atoms with E-state index in [0.717, 1.165) is 11.3 Å². The SMILES string of the molecule is C[C@H]1C(=O)Nc2ccc(C(=O)CSc3nncn3C)cc21. The van der Waals surface area contributed by atoms with Crippen LogP contribution in [0.4, 0.5) is 5.69 Å². The molecule has 1 N–H and O–H groups in total. The Kier molecular flexibility index (Phi) is 3.50. The number of anilines is 1. The normalized spacial score (nSPS) is 16.7. The molecule has 1 aromatic carbocycles. The first-order chi connectivity index (χ1) is 10.1. The molecule has 1 amide bonds. The standard InChI is InChI=1S/C14H14N4O2S/c1-8-10-5-9(3-4-11(10)16-13(8)20)12(19)6-21-14-17-15-7-18(14)2/h3-5,7-8H,6H2,1-2H3,(H,16,20)/t8-/m1/s1. The van der Waals surface area contributed by atoms with Gasteiger partial charge in [0.1, 0.15) is 6.33 Å². The van der Waals surface area contributed by atoms with Gasteiger partial charge in [-0.25, -0.2) is 0 Å². The number of benzene rings is 1. The number of thioether (sulfide) groups is 1. The zero-order valence-corrected chi connectivity index (χ0v) is 12.5. The highest BCUT2D eigenvalue weighted by atomic mass is 32.2. The summed E-state index contributed by atoms with van der Waals surface area (Å²) in [4.78, 5) is 23.9. The molecule has 3 rings (SSSR count). The summed E-state index contributed by atoms with van der Waals surface area (Å²) >= 11 is 1.35. The topological polar surface area (TPSA) is 76.9 Å². The zero-order chi connectivity index (χ0) is 15.0. The quantitative estimate of drug-likeness (QED) is 0.689. The van der Waals surface area contributed by atoms with Crippen molar-refractivity contribution in [3.63, 3.8) is 0 Å². The largest absolute Gasteiger partial charge is 0.325 e. The van der Waals surface area contributed by atoms with E-state index in [1.165, 1.54) is 11.8 Å².